The van der Waals surface area contributed by atoms with E-state index in [1.165, 1.54) is 12.3 Å². The molecule has 152 valence electrons. The van der Waals surface area contributed by atoms with Crippen molar-refractivity contribution in [3.8, 4) is 6.07 Å². The average Bonchev–Trinajstić information content (AvgIpc) is 3.59. The summed E-state index contributed by atoms with van der Waals surface area (Å²) in [7, 11) is 0. The lowest BCUT2D eigenvalue weighted by Gasteiger charge is -2.36. The maximum Gasteiger partial charge on any atom is 0.252 e. The van der Waals surface area contributed by atoms with Crippen LogP contribution < -0.4 is 10.5 Å². The van der Waals surface area contributed by atoms with Gasteiger partial charge < -0.3 is 9.88 Å². The van der Waals surface area contributed by atoms with E-state index in [4.69, 9.17) is 5.26 Å². The topological polar surface area (TPSA) is 88.9 Å². The van der Waals surface area contributed by atoms with Crippen LogP contribution in [0.15, 0.2) is 35.4 Å². The van der Waals surface area contributed by atoms with E-state index in [2.05, 4.69) is 19.9 Å². The minimum absolute atomic E-state index is 0.00406. The van der Waals surface area contributed by atoms with Gasteiger partial charge in [0.1, 0.15) is 11.8 Å². The van der Waals surface area contributed by atoms with Gasteiger partial charge in [-0.25, -0.2) is 9.37 Å². The van der Waals surface area contributed by atoms with E-state index < -0.39 is 5.82 Å². The molecule has 8 heteroatoms. The fourth-order valence-electron chi connectivity index (χ4n) is 4.05. The summed E-state index contributed by atoms with van der Waals surface area (Å²) < 4.78 is 14.2. The third-order valence-corrected chi connectivity index (χ3v) is 5.86. The molecular weight excluding hydrogens is 383 g/mol. The summed E-state index contributed by atoms with van der Waals surface area (Å²) in [6, 6.07) is 6.95. The Hall–Kier alpha value is -3.31. The van der Waals surface area contributed by atoms with Gasteiger partial charge in [-0.15, -0.1) is 0 Å². The van der Waals surface area contributed by atoms with Crippen molar-refractivity contribution in [2.24, 2.45) is 0 Å². The van der Waals surface area contributed by atoms with E-state index in [1.54, 1.807) is 0 Å². The first-order valence-corrected chi connectivity index (χ1v) is 10.2. The van der Waals surface area contributed by atoms with Gasteiger partial charge in [0.05, 0.1) is 22.9 Å². The minimum atomic E-state index is -0.414. The van der Waals surface area contributed by atoms with Crippen molar-refractivity contribution in [1.82, 2.24) is 19.9 Å². The van der Waals surface area contributed by atoms with Crippen molar-refractivity contribution in [1.29, 1.82) is 5.26 Å². The second-order valence-electron chi connectivity index (χ2n) is 8.00. The van der Waals surface area contributed by atoms with Gasteiger partial charge in [-0.1, -0.05) is 0 Å². The van der Waals surface area contributed by atoms with Crippen LogP contribution in [0.1, 0.15) is 35.6 Å². The van der Waals surface area contributed by atoms with E-state index >= 15 is 0 Å². The molecule has 0 spiro atoms. The Morgan fingerprint density at radius 2 is 1.93 bits per heavy atom. The van der Waals surface area contributed by atoms with Gasteiger partial charge in [0.2, 0.25) is 0 Å². The van der Waals surface area contributed by atoms with Crippen LogP contribution in [0.3, 0.4) is 0 Å². The highest BCUT2D eigenvalue weighted by atomic mass is 19.1. The number of hydrogen-bond acceptors (Lipinski definition) is 6. The summed E-state index contributed by atoms with van der Waals surface area (Å²) in [4.78, 5) is 28.1. The smallest absolute Gasteiger partial charge is 0.252 e. The van der Waals surface area contributed by atoms with Gasteiger partial charge in [0.15, 0.2) is 5.82 Å². The van der Waals surface area contributed by atoms with Crippen LogP contribution >= 0.6 is 0 Å². The van der Waals surface area contributed by atoms with Gasteiger partial charge in [0.25, 0.3) is 5.56 Å². The quantitative estimate of drug-likeness (QED) is 0.719. The number of fused-ring (bicyclic) bond motifs is 1. The highest BCUT2D eigenvalue weighted by Crippen LogP contribution is 2.38. The van der Waals surface area contributed by atoms with Crippen molar-refractivity contribution in [3.63, 3.8) is 0 Å². The summed E-state index contributed by atoms with van der Waals surface area (Å²) in [6.45, 7) is 3.61. The van der Waals surface area contributed by atoms with Crippen molar-refractivity contribution in [3.05, 3.63) is 63.6 Å². The fraction of sp³-hybridized carbons (Fsp3) is 0.364. The SMILES string of the molecule is N#Cc1cc(F)c(N2CCN(Cc3cnc4cc(C5CC5)c(=O)[nH]c4c3)CC2)cn1. The number of aromatic nitrogens is 3. The van der Waals surface area contributed by atoms with Crippen LogP contribution in [0.5, 0.6) is 0 Å². The van der Waals surface area contributed by atoms with E-state index in [9.17, 15) is 9.18 Å². The summed E-state index contributed by atoms with van der Waals surface area (Å²) in [5.74, 6) is -0.0182. The lowest BCUT2D eigenvalue weighted by Crippen LogP contribution is -2.46. The molecule has 1 saturated heterocycles. The average molecular weight is 404 g/mol. The summed E-state index contributed by atoms with van der Waals surface area (Å²) in [5.41, 5.74) is 4.00. The largest absolute Gasteiger partial charge is 0.365 e. The molecule has 4 heterocycles. The van der Waals surface area contributed by atoms with Gasteiger partial charge in [0, 0.05) is 50.6 Å². The van der Waals surface area contributed by atoms with Crippen molar-refractivity contribution < 1.29 is 4.39 Å². The molecule has 1 aliphatic heterocycles. The maximum atomic E-state index is 14.2. The molecule has 0 atom stereocenters. The molecule has 2 fully saturated rings. The molecule has 2 aliphatic rings. The van der Waals surface area contributed by atoms with Crippen LogP contribution in [0.2, 0.25) is 0 Å². The first-order chi connectivity index (χ1) is 14.6. The zero-order valence-corrected chi connectivity index (χ0v) is 16.4. The molecule has 0 bridgehead atoms. The fourth-order valence-corrected chi connectivity index (χ4v) is 4.05. The second kappa shape index (κ2) is 7.50. The minimum Gasteiger partial charge on any atom is -0.365 e. The molecule has 0 unspecified atom stereocenters. The summed E-state index contributed by atoms with van der Waals surface area (Å²) in [5, 5.41) is 8.84. The number of nitriles is 1. The third kappa shape index (κ3) is 3.64. The molecule has 1 saturated carbocycles. The molecule has 0 aromatic carbocycles. The van der Waals surface area contributed by atoms with Crippen LogP contribution in [0, 0.1) is 17.1 Å². The van der Waals surface area contributed by atoms with Crippen molar-refractivity contribution >= 4 is 16.7 Å². The zero-order valence-electron chi connectivity index (χ0n) is 16.4. The Labute approximate surface area is 172 Å². The molecule has 1 aliphatic carbocycles. The Morgan fingerprint density at radius 3 is 2.63 bits per heavy atom. The first-order valence-electron chi connectivity index (χ1n) is 10.2. The number of halogens is 1. The number of rotatable bonds is 4. The summed E-state index contributed by atoms with van der Waals surface area (Å²) in [6.07, 6.45) is 5.47. The number of piperazine rings is 1. The third-order valence-electron chi connectivity index (χ3n) is 5.86. The Bertz CT molecular complexity index is 1200. The molecule has 0 amide bonds. The number of nitrogens with zero attached hydrogens (tertiary/aromatic N) is 5. The molecule has 30 heavy (non-hydrogen) atoms. The predicted molar refractivity (Wildman–Crippen MR) is 111 cm³/mol. The number of aromatic amines is 1. The van der Waals surface area contributed by atoms with E-state index in [-0.39, 0.29) is 11.3 Å². The summed E-state index contributed by atoms with van der Waals surface area (Å²) >= 11 is 0. The molecular formula is C22H21FN6O. The van der Waals surface area contributed by atoms with E-state index in [0.29, 0.717) is 24.7 Å². The van der Waals surface area contributed by atoms with E-state index in [0.717, 1.165) is 54.6 Å². The number of hydrogen-bond donors (Lipinski definition) is 1. The Kier molecular flexibility index (Phi) is 4.68. The standard InChI is InChI=1S/C22H21FN6O/c23-18-8-16(10-24)25-12-21(18)29-5-3-28(4-6-29)13-14-7-20-19(26-11-14)9-17(15-1-2-15)22(30)27-20/h7-9,11-12,15H,1-6,13H2,(H,27,30). The Morgan fingerprint density at radius 1 is 1.13 bits per heavy atom. The van der Waals surface area contributed by atoms with Crippen LogP contribution in [0.25, 0.3) is 11.0 Å². The highest BCUT2D eigenvalue weighted by Gasteiger charge is 2.26. The van der Waals surface area contributed by atoms with Gasteiger partial charge in [-0.3, -0.25) is 14.7 Å². The number of pyridine rings is 3. The van der Waals surface area contributed by atoms with Crippen LogP contribution in [-0.2, 0) is 6.54 Å². The molecule has 7 nitrogen and oxygen atoms in total. The van der Waals surface area contributed by atoms with Crippen molar-refractivity contribution in [2.75, 3.05) is 31.1 Å². The number of nitrogens with one attached hydrogen (secondary N) is 1. The number of anilines is 1. The normalized spacial score (nSPS) is 17.3. The number of H-pyrrole nitrogens is 1. The predicted octanol–water partition coefficient (Wildman–Crippen LogP) is 2.53. The lowest BCUT2D eigenvalue weighted by atomic mass is 10.1. The molecule has 3 aromatic rings. The molecule has 0 radical (unpaired) electrons. The van der Waals surface area contributed by atoms with Gasteiger partial charge >= 0.3 is 0 Å². The van der Waals surface area contributed by atoms with Crippen LogP contribution in [-0.4, -0.2) is 46.0 Å². The zero-order chi connectivity index (χ0) is 20.7. The van der Waals surface area contributed by atoms with Gasteiger partial charge in [-0.2, -0.15) is 5.26 Å². The molecule has 5 rings (SSSR count). The molecule has 3 aromatic heterocycles. The van der Waals surface area contributed by atoms with E-state index in [1.807, 2.05) is 29.3 Å². The lowest BCUT2D eigenvalue weighted by molar-refractivity contribution is 0.249. The first kappa shape index (κ1) is 18.7. The van der Waals surface area contributed by atoms with Gasteiger partial charge in [-0.05, 0) is 36.5 Å². The Balaban J connectivity index is 1.26. The monoisotopic (exact) mass is 404 g/mol. The van der Waals surface area contributed by atoms with Crippen LogP contribution in [0.4, 0.5) is 10.1 Å². The van der Waals surface area contributed by atoms with Crippen molar-refractivity contribution in [2.45, 2.75) is 25.3 Å². The second-order valence-corrected chi connectivity index (χ2v) is 8.00. The highest BCUT2D eigenvalue weighted by molar-refractivity contribution is 5.75. The maximum absolute atomic E-state index is 14.2. The molecule has 1 N–H and O–H groups in total.